The molecule has 0 saturated carbocycles. The number of ether oxygens (including phenoxy) is 3. The number of sulfonamides is 6. The summed E-state index contributed by atoms with van der Waals surface area (Å²) in [5.41, 5.74) is 0.0553. The highest BCUT2D eigenvalue weighted by atomic mass is 32.3. The minimum Gasteiger partial charge on any atom is -0.497 e. The molecule has 28 heteroatoms. The predicted molar refractivity (Wildman–Crippen MR) is 272 cm³/mol. The highest BCUT2D eigenvalue weighted by molar-refractivity contribution is 8.05. The Morgan fingerprint density at radius 3 is 0.632 bits per heavy atom. The number of nitrogens with zero attached hydrogens (tertiary/aromatic N) is 7. The molecule has 0 radical (unpaired) electrons. The Bertz CT molecular complexity index is 3480. The zero-order valence-electron chi connectivity index (χ0n) is 40.3. The molecule has 0 spiro atoms. The van der Waals surface area contributed by atoms with Crippen molar-refractivity contribution >= 4 is 60.1 Å². The fraction of sp³-hybridized carbons (Fsp3) is 0.188. The van der Waals surface area contributed by atoms with Crippen molar-refractivity contribution in [1.82, 2.24) is 16.0 Å². The summed E-state index contributed by atoms with van der Waals surface area (Å²) in [6.07, 6.45) is 0. The summed E-state index contributed by atoms with van der Waals surface area (Å²) in [5, 5.41) is 28.3. The minimum absolute atomic E-state index is 0.0184. The predicted octanol–water partition coefficient (Wildman–Crippen LogP) is 4.17. The number of methoxy groups -OCH3 is 3. The molecule has 0 aromatic heterocycles. The molecule has 0 heterocycles. The van der Waals surface area contributed by atoms with Crippen molar-refractivity contribution in [2.24, 2.45) is 0 Å². The van der Waals surface area contributed by atoms with Gasteiger partial charge in [0, 0.05) is 39.3 Å². The van der Waals surface area contributed by atoms with E-state index >= 15 is 0 Å². The van der Waals surface area contributed by atoms with Crippen LogP contribution in [0.15, 0.2) is 175 Å². The fourth-order valence-corrected chi connectivity index (χ4v) is 18.0. The van der Waals surface area contributed by atoms with Crippen molar-refractivity contribution in [3.05, 3.63) is 162 Å². The van der Waals surface area contributed by atoms with E-state index in [1.165, 1.54) is 57.7 Å². The second-order valence-electron chi connectivity index (χ2n) is 15.8. The first-order chi connectivity index (χ1) is 35.9. The van der Waals surface area contributed by atoms with Crippen LogP contribution in [0.2, 0.25) is 0 Å². The van der Waals surface area contributed by atoms with Crippen LogP contribution in [0.3, 0.4) is 0 Å². The lowest BCUT2D eigenvalue weighted by atomic mass is 10.2. The van der Waals surface area contributed by atoms with E-state index in [4.69, 9.17) is 14.2 Å². The van der Waals surface area contributed by atoms with Crippen molar-refractivity contribution in [2.45, 2.75) is 29.4 Å². The standard InChI is InChI=1S/C48H45N7O15S6/c1-68-40-10-22-46(23-11-40)74(62,63)53(71(56,57)43-16-4-37(34-49)5-17-43)31-28-52(29-32-54(72(58,59)44-18-6-38(35-50)7-19-44)75(64,65)47-24-12-41(69-2)13-25-47)30-33-55(73(60,61)45-20-8-39(36-51)9-21-45)76(66,67)48-26-14-42(70-3)15-27-48/h4-27H,28-33H2,1-3H3. The van der Waals surface area contributed by atoms with E-state index in [1.807, 2.05) is 18.2 Å². The van der Waals surface area contributed by atoms with Crippen molar-refractivity contribution < 1.29 is 64.7 Å². The maximum absolute atomic E-state index is 14.6. The van der Waals surface area contributed by atoms with Gasteiger partial charge in [0.1, 0.15) is 17.2 Å². The van der Waals surface area contributed by atoms with Crippen molar-refractivity contribution in [1.29, 1.82) is 15.8 Å². The van der Waals surface area contributed by atoms with Crippen LogP contribution in [0.4, 0.5) is 0 Å². The topological polar surface area (TPSA) is 317 Å². The summed E-state index contributed by atoms with van der Waals surface area (Å²) in [4.78, 5) is -2.45. The third kappa shape index (κ3) is 12.5. The average molecular weight is 1150 g/mol. The minimum atomic E-state index is -5.16. The van der Waals surface area contributed by atoms with Crippen LogP contribution in [0, 0.1) is 34.0 Å². The third-order valence-electron chi connectivity index (χ3n) is 11.3. The molecule has 6 rings (SSSR count). The van der Waals surface area contributed by atoms with Gasteiger partial charge in [-0.15, -0.1) is 0 Å². The van der Waals surface area contributed by atoms with Crippen LogP contribution in [-0.4, -0.2) is 127 Å². The van der Waals surface area contributed by atoms with Crippen molar-refractivity contribution in [3.8, 4) is 35.5 Å². The molecule has 0 atom stereocenters. The Balaban J connectivity index is 1.52. The largest absolute Gasteiger partial charge is 0.497 e. The second-order valence-corrected chi connectivity index (χ2v) is 27.7. The number of nitriles is 3. The summed E-state index contributed by atoms with van der Waals surface area (Å²) >= 11 is 0. The van der Waals surface area contributed by atoms with E-state index in [0.717, 1.165) is 114 Å². The molecule has 76 heavy (non-hydrogen) atoms. The lowest BCUT2D eigenvalue weighted by Crippen LogP contribution is -2.48. The van der Waals surface area contributed by atoms with Gasteiger partial charge < -0.3 is 14.2 Å². The number of benzene rings is 6. The summed E-state index contributed by atoms with van der Waals surface area (Å²) < 4.78 is 191. The van der Waals surface area contributed by atoms with Gasteiger partial charge in [0.15, 0.2) is 0 Å². The van der Waals surface area contributed by atoms with E-state index in [-0.39, 0.29) is 45.1 Å². The molecule has 6 aromatic rings. The Kier molecular flexibility index (Phi) is 18.1. The van der Waals surface area contributed by atoms with Gasteiger partial charge in [-0.2, -0.15) is 15.8 Å². The molecule has 0 fully saturated rings. The van der Waals surface area contributed by atoms with Crippen LogP contribution < -0.4 is 14.2 Å². The molecule has 22 nitrogen and oxygen atoms in total. The number of hydrogen-bond acceptors (Lipinski definition) is 19. The van der Waals surface area contributed by atoms with Crippen LogP contribution in [0.5, 0.6) is 17.2 Å². The molecular weight excluding hydrogens is 1110 g/mol. The van der Waals surface area contributed by atoms with Crippen molar-refractivity contribution in [3.63, 3.8) is 0 Å². The van der Waals surface area contributed by atoms with Gasteiger partial charge in [-0.3, -0.25) is 4.90 Å². The molecule has 0 aliphatic heterocycles. The first kappa shape index (κ1) is 58.0. The van der Waals surface area contributed by atoms with E-state index in [9.17, 15) is 66.3 Å². The van der Waals surface area contributed by atoms with Crippen LogP contribution in [0.1, 0.15) is 16.7 Å². The smallest absolute Gasteiger partial charge is 0.256 e. The van der Waals surface area contributed by atoms with Gasteiger partial charge in [0.25, 0.3) is 60.1 Å². The fourth-order valence-electron chi connectivity index (χ4n) is 7.17. The molecule has 398 valence electrons. The molecule has 0 amide bonds. The van der Waals surface area contributed by atoms with Crippen molar-refractivity contribution in [2.75, 3.05) is 60.6 Å². The van der Waals surface area contributed by atoms with E-state index in [0.29, 0.717) is 0 Å². The van der Waals surface area contributed by atoms with Crippen LogP contribution in [-0.2, 0) is 60.1 Å². The zero-order chi connectivity index (χ0) is 55.7. The first-order valence-electron chi connectivity index (χ1n) is 21.9. The molecule has 0 aliphatic carbocycles. The highest BCUT2D eigenvalue weighted by Gasteiger charge is 2.41. The Morgan fingerprint density at radius 1 is 0.303 bits per heavy atom. The van der Waals surface area contributed by atoms with E-state index in [2.05, 4.69) is 0 Å². The lowest BCUT2D eigenvalue weighted by Gasteiger charge is -2.31. The monoisotopic (exact) mass is 1150 g/mol. The first-order valence-corrected chi connectivity index (χ1v) is 30.5. The normalized spacial score (nSPS) is 12.5. The Hall–Kier alpha value is -7.27. The molecular formula is C48H45N7O15S6. The zero-order valence-corrected chi connectivity index (χ0v) is 45.2. The maximum Gasteiger partial charge on any atom is 0.256 e. The highest BCUT2D eigenvalue weighted by Crippen LogP contribution is 2.30. The average Bonchev–Trinajstić information content (AvgIpc) is 3.45. The Morgan fingerprint density at radius 2 is 0.474 bits per heavy atom. The summed E-state index contributed by atoms with van der Waals surface area (Å²) in [5.74, 6) is 0.588. The quantitative estimate of drug-likeness (QED) is 0.0821. The molecule has 6 aromatic carbocycles. The lowest BCUT2D eigenvalue weighted by molar-refractivity contribution is 0.254. The molecule has 0 saturated heterocycles. The van der Waals surface area contributed by atoms with E-state index in [1.54, 1.807) is 0 Å². The summed E-state index contributed by atoms with van der Waals surface area (Å²) in [6.45, 7) is -5.66. The van der Waals surface area contributed by atoms with Crippen LogP contribution in [0.25, 0.3) is 0 Å². The number of hydrogen-bond donors (Lipinski definition) is 0. The number of rotatable bonds is 24. The maximum atomic E-state index is 14.6. The molecule has 0 aliphatic rings. The van der Waals surface area contributed by atoms with Gasteiger partial charge >= 0.3 is 0 Å². The molecule has 0 bridgehead atoms. The second kappa shape index (κ2) is 23.7. The molecule has 0 N–H and O–H groups in total. The van der Waals surface area contributed by atoms with Gasteiger partial charge in [-0.05, 0) is 146 Å². The van der Waals surface area contributed by atoms with Crippen LogP contribution >= 0.6 is 0 Å². The summed E-state index contributed by atoms with van der Waals surface area (Å²) in [7, 11) is -27.0. The van der Waals surface area contributed by atoms with Gasteiger partial charge in [-0.1, -0.05) is 11.1 Å². The van der Waals surface area contributed by atoms with Gasteiger partial charge in [-0.25, -0.2) is 50.5 Å². The van der Waals surface area contributed by atoms with E-state index < -0.39 is 129 Å². The molecule has 0 unspecified atom stereocenters. The third-order valence-corrected chi connectivity index (χ3v) is 24.4. The van der Waals surface area contributed by atoms with Gasteiger partial charge in [0.2, 0.25) is 0 Å². The summed E-state index contributed by atoms with van der Waals surface area (Å²) in [6, 6.07) is 31.9. The van der Waals surface area contributed by atoms with Gasteiger partial charge in [0.05, 0.1) is 85.6 Å². The SMILES string of the molecule is COc1ccc(S(=O)(=O)N(CCN(CCN(S(=O)(=O)c2ccc(C#N)cc2)S(=O)(=O)c2ccc(OC)cc2)CCN(S(=O)(=O)c2ccc(C#N)cc2)S(=O)(=O)c2ccc(OC)cc2)S(=O)(=O)c2ccc(C#N)cc2)cc1. The Labute approximate surface area is 441 Å².